The van der Waals surface area contributed by atoms with Gasteiger partial charge >= 0.3 is 0 Å². The van der Waals surface area contributed by atoms with Crippen LogP contribution in [0.1, 0.15) is 27.5 Å². The number of aryl methyl sites for hydroxylation is 1. The van der Waals surface area contributed by atoms with E-state index in [1.807, 2.05) is 11.8 Å². The zero-order valence-electron chi connectivity index (χ0n) is 21.4. The molecule has 1 amide bonds. The van der Waals surface area contributed by atoms with Gasteiger partial charge < -0.3 is 30.5 Å². The summed E-state index contributed by atoms with van der Waals surface area (Å²) in [4.78, 5) is 24.0. The van der Waals surface area contributed by atoms with Crippen LogP contribution in [0.25, 0.3) is 5.82 Å². The summed E-state index contributed by atoms with van der Waals surface area (Å²) in [5.41, 5.74) is 3.12. The van der Waals surface area contributed by atoms with Crippen molar-refractivity contribution < 1.29 is 14.3 Å². The van der Waals surface area contributed by atoms with Gasteiger partial charge in [-0.2, -0.15) is 4.98 Å². The molecule has 9 nitrogen and oxygen atoms in total. The monoisotopic (exact) mass is 549 g/mol. The number of rotatable bonds is 8. The van der Waals surface area contributed by atoms with Crippen LogP contribution in [0.2, 0.25) is 5.02 Å². The number of hydrogen-bond acceptors (Lipinski definition) is 7. The summed E-state index contributed by atoms with van der Waals surface area (Å²) in [6.45, 7) is 4.67. The molecule has 2 aromatic carbocycles. The Morgan fingerprint density at radius 2 is 2.03 bits per heavy atom. The molecular formula is C28H29ClFN7O2. The van der Waals surface area contributed by atoms with Gasteiger partial charge in [0.2, 0.25) is 5.95 Å². The average Bonchev–Trinajstić information content (AvgIpc) is 3.44. The summed E-state index contributed by atoms with van der Waals surface area (Å²) >= 11 is 6.06. The standard InChI is InChI=1S/C28H29ClFN7O2/c1-18-15-32-28(33-22-5-6-23(30)25(14-22)36-11-8-31-9-12-36)35-26(18)37-10-7-20(16-37)27(39)34-24(17-38)19-3-2-4-21(29)13-19/h2-7,10,13-16,24,31,38H,8-9,11-12,17H2,1H3,(H,34,39)(H,32,33,35). The van der Waals surface area contributed by atoms with E-state index in [4.69, 9.17) is 11.6 Å². The largest absolute Gasteiger partial charge is 0.394 e. The minimum Gasteiger partial charge on any atom is -0.394 e. The number of amides is 1. The molecule has 1 unspecified atom stereocenters. The molecule has 0 aliphatic carbocycles. The second-order valence-corrected chi connectivity index (χ2v) is 9.74. The molecule has 4 aromatic rings. The maximum atomic E-state index is 14.5. The highest BCUT2D eigenvalue weighted by atomic mass is 35.5. The lowest BCUT2D eigenvalue weighted by molar-refractivity contribution is 0.0916. The Labute approximate surface area is 230 Å². The summed E-state index contributed by atoms with van der Waals surface area (Å²) in [5.74, 6) is 0.313. The summed E-state index contributed by atoms with van der Waals surface area (Å²) < 4.78 is 16.3. The predicted molar refractivity (Wildman–Crippen MR) is 150 cm³/mol. The van der Waals surface area contributed by atoms with Gasteiger partial charge in [0.25, 0.3) is 5.91 Å². The Hall–Kier alpha value is -3.99. The summed E-state index contributed by atoms with van der Waals surface area (Å²) in [6, 6.07) is 12.9. The second-order valence-electron chi connectivity index (χ2n) is 9.30. The van der Waals surface area contributed by atoms with Gasteiger partial charge in [-0.05, 0) is 48.9 Å². The van der Waals surface area contributed by atoms with E-state index in [-0.39, 0.29) is 18.3 Å². The fourth-order valence-corrected chi connectivity index (χ4v) is 4.68. The van der Waals surface area contributed by atoms with Crippen molar-refractivity contribution in [1.29, 1.82) is 0 Å². The van der Waals surface area contributed by atoms with Gasteiger partial charge in [-0.3, -0.25) is 4.79 Å². The number of carbonyl (C=O) groups excluding carboxylic acids is 1. The minimum absolute atomic E-state index is 0.271. The van der Waals surface area contributed by atoms with Crippen LogP contribution in [0.4, 0.5) is 21.7 Å². The lowest BCUT2D eigenvalue weighted by Gasteiger charge is -2.30. The summed E-state index contributed by atoms with van der Waals surface area (Å²) in [5, 5.41) is 19.6. The first kappa shape index (κ1) is 26.6. The molecule has 2 aromatic heterocycles. The van der Waals surface area contributed by atoms with Gasteiger partial charge in [-0.15, -0.1) is 0 Å². The number of aliphatic hydroxyl groups excluding tert-OH is 1. The third-order valence-corrected chi connectivity index (χ3v) is 6.78. The zero-order chi connectivity index (χ0) is 27.4. The third kappa shape index (κ3) is 6.19. The van der Waals surface area contributed by atoms with Crippen molar-refractivity contribution in [2.75, 3.05) is 43.0 Å². The quantitative estimate of drug-likeness (QED) is 0.263. The maximum absolute atomic E-state index is 14.5. The van der Waals surface area contributed by atoms with Crippen molar-refractivity contribution in [3.63, 3.8) is 0 Å². The number of nitrogens with zero attached hydrogens (tertiary/aromatic N) is 4. The number of halogens is 2. The maximum Gasteiger partial charge on any atom is 0.253 e. The predicted octanol–water partition coefficient (Wildman–Crippen LogP) is 3.98. The molecule has 1 aliphatic rings. The summed E-state index contributed by atoms with van der Waals surface area (Å²) in [7, 11) is 0. The van der Waals surface area contributed by atoms with Crippen molar-refractivity contribution in [3.05, 3.63) is 94.7 Å². The summed E-state index contributed by atoms with van der Waals surface area (Å²) in [6.07, 6.45) is 5.09. The SMILES string of the molecule is Cc1cnc(Nc2ccc(F)c(N3CCNCC3)c2)nc1-n1ccc(C(=O)NC(CO)c2cccc(Cl)c2)c1. The van der Waals surface area contributed by atoms with Gasteiger partial charge in [0, 0.05) is 61.0 Å². The third-order valence-electron chi connectivity index (χ3n) is 6.54. The van der Waals surface area contributed by atoms with E-state index < -0.39 is 6.04 Å². The Balaban J connectivity index is 1.33. The van der Waals surface area contributed by atoms with E-state index in [1.54, 1.807) is 65.6 Å². The lowest BCUT2D eigenvalue weighted by Crippen LogP contribution is -2.43. The molecule has 202 valence electrons. The molecule has 0 saturated carbocycles. The number of aromatic nitrogens is 3. The number of benzene rings is 2. The molecule has 1 atom stereocenters. The van der Waals surface area contributed by atoms with Crippen LogP contribution in [-0.4, -0.2) is 58.3 Å². The molecule has 11 heteroatoms. The smallest absolute Gasteiger partial charge is 0.253 e. The minimum atomic E-state index is -0.599. The number of carbonyl (C=O) groups is 1. The highest BCUT2D eigenvalue weighted by molar-refractivity contribution is 6.30. The van der Waals surface area contributed by atoms with Gasteiger partial charge in [0.05, 0.1) is 23.9 Å². The van der Waals surface area contributed by atoms with E-state index in [2.05, 4.69) is 25.9 Å². The Bertz CT molecular complexity index is 1470. The lowest BCUT2D eigenvalue weighted by atomic mass is 10.1. The van der Waals surface area contributed by atoms with Gasteiger partial charge in [-0.1, -0.05) is 23.7 Å². The molecule has 1 fully saturated rings. The van der Waals surface area contributed by atoms with E-state index in [0.29, 0.717) is 39.3 Å². The van der Waals surface area contributed by atoms with E-state index in [1.165, 1.54) is 6.07 Å². The number of aliphatic hydroxyl groups is 1. The van der Waals surface area contributed by atoms with Gasteiger partial charge in [0.15, 0.2) is 0 Å². The van der Waals surface area contributed by atoms with Crippen molar-refractivity contribution in [2.24, 2.45) is 0 Å². The van der Waals surface area contributed by atoms with E-state index in [0.717, 1.165) is 31.7 Å². The average molecular weight is 550 g/mol. The fourth-order valence-electron chi connectivity index (χ4n) is 4.48. The first-order chi connectivity index (χ1) is 18.9. The highest BCUT2D eigenvalue weighted by Crippen LogP contribution is 2.26. The van der Waals surface area contributed by atoms with Crippen LogP contribution >= 0.6 is 11.6 Å². The molecule has 3 heterocycles. The van der Waals surface area contributed by atoms with Gasteiger partial charge in [-0.25, -0.2) is 9.37 Å². The van der Waals surface area contributed by atoms with Crippen molar-refractivity contribution in [3.8, 4) is 5.82 Å². The number of anilines is 3. The topological polar surface area (TPSA) is 107 Å². The molecule has 0 radical (unpaired) electrons. The van der Waals surface area contributed by atoms with Crippen LogP contribution in [0, 0.1) is 12.7 Å². The van der Waals surface area contributed by atoms with Crippen LogP contribution in [-0.2, 0) is 0 Å². The number of nitrogens with one attached hydrogen (secondary N) is 3. The van der Waals surface area contributed by atoms with E-state index in [9.17, 15) is 14.3 Å². The molecule has 1 saturated heterocycles. The Morgan fingerprint density at radius 3 is 2.79 bits per heavy atom. The van der Waals surface area contributed by atoms with Crippen molar-refractivity contribution in [2.45, 2.75) is 13.0 Å². The molecule has 4 N–H and O–H groups in total. The van der Waals surface area contributed by atoms with Crippen LogP contribution in [0.5, 0.6) is 0 Å². The first-order valence-electron chi connectivity index (χ1n) is 12.6. The van der Waals surface area contributed by atoms with Crippen molar-refractivity contribution in [1.82, 2.24) is 25.2 Å². The highest BCUT2D eigenvalue weighted by Gasteiger charge is 2.18. The van der Waals surface area contributed by atoms with E-state index >= 15 is 0 Å². The van der Waals surface area contributed by atoms with Crippen molar-refractivity contribution >= 4 is 34.8 Å². The second kappa shape index (κ2) is 11.8. The Morgan fingerprint density at radius 1 is 1.21 bits per heavy atom. The molecule has 1 aliphatic heterocycles. The normalized spacial score (nSPS) is 14.2. The van der Waals surface area contributed by atoms with Crippen LogP contribution in [0.3, 0.4) is 0 Å². The molecule has 39 heavy (non-hydrogen) atoms. The van der Waals surface area contributed by atoms with Crippen LogP contribution < -0.4 is 20.9 Å². The first-order valence-corrected chi connectivity index (χ1v) is 13.0. The zero-order valence-corrected chi connectivity index (χ0v) is 22.1. The number of piperazine rings is 1. The Kier molecular flexibility index (Phi) is 8.06. The molecular weight excluding hydrogens is 521 g/mol. The molecule has 5 rings (SSSR count). The number of hydrogen-bond donors (Lipinski definition) is 4. The van der Waals surface area contributed by atoms with Gasteiger partial charge in [0.1, 0.15) is 11.6 Å². The fraction of sp³-hybridized carbons (Fsp3) is 0.250. The molecule has 0 bridgehead atoms. The molecule has 0 spiro atoms. The van der Waals surface area contributed by atoms with Crippen LogP contribution in [0.15, 0.2) is 67.1 Å².